The van der Waals surface area contributed by atoms with E-state index >= 15 is 0 Å². The van der Waals surface area contributed by atoms with E-state index in [-0.39, 0.29) is 11.3 Å². The number of halogens is 1. The lowest BCUT2D eigenvalue weighted by atomic mass is 9.95. The van der Waals surface area contributed by atoms with Crippen LogP contribution in [0.15, 0.2) is 58.6 Å². The minimum absolute atomic E-state index is 0.0951. The third kappa shape index (κ3) is 5.13. The molecule has 0 unspecified atom stereocenters. The van der Waals surface area contributed by atoms with Crippen molar-refractivity contribution in [3.8, 4) is 5.75 Å². The lowest BCUT2D eigenvalue weighted by molar-refractivity contribution is -0.140. The molecule has 8 heteroatoms. The first-order valence-electron chi connectivity index (χ1n) is 11.0. The first-order chi connectivity index (χ1) is 16.0. The molecule has 33 heavy (non-hydrogen) atoms. The lowest BCUT2D eigenvalue weighted by Crippen LogP contribution is -2.38. The number of rotatable bonds is 7. The number of nitrogens with zero attached hydrogens (tertiary/aromatic N) is 2. The average Bonchev–Trinajstić information content (AvgIpc) is 3.09. The smallest absolute Gasteiger partial charge is 0.295 e. The normalized spacial score (nSPS) is 20.9. The number of aliphatic hydroxyl groups excluding tert-OH is 1. The van der Waals surface area contributed by atoms with Crippen LogP contribution in [0.4, 0.5) is 0 Å². The van der Waals surface area contributed by atoms with Crippen LogP contribution in [0.5, 0.6) is 5.75 Å². The maximum absolute atomic E-state index is 13.1. The molecule has 174 valence electrons. The first kappa shape index (κ1) is 23.5. The Labute approximate surface area is 201 Å². The highest BCUT2D eigenvalue weighted by atomic mass is 79.9. The number of ketones is 1. The first-order valence-corrected chi connectivity index (χ1v) is 11.8. The number of Topliss-reactive ketones (excluding diaryl/α,β-unsaturated/α-hetero) is 1. The quantitative estimate of drug-likeness (QED) is 0.345. The summed E-state index contributed by atoms with van der Waals surface area (Å²) in [4.78, 5) is 30.1. The van der Waals surface area contributed by atoms with E-state index in [4.69, 9.17) is 9.47 Å². The molecular weight excluding hydrogens is 488 g/mol. The molecule has 2 aliphatic heterocycles. The van der Waals surface area contributed by atoms with Crippen LogP contribution in [-0.4, -0.2) is 73.1 Å². The molecule has 2 aromatic carbocycles. The molecule has 0 aliphatic carbocycles. The van der Waals surface area contributed by atoms with Crippen LogP contribution in [0.25, 0.3) is 5.76 Å². The van der Waals surface area contributed by atoms with Crippen molar-refractivity contribution in [3.63, 3.8) is 0 Å². The largest absolute Gasteiger partial charge is 0.507 e. The summed E-state index contributed by atoms with van der Waals surface area (Å²) >= 11 is 3.48. The minimum Gasteiger partial charge on any atom is -0.507 e. The summed E-state index contributed by atoms with van der Waals surface area (Å²) in [7, 11) is 1.54. The highest BCUT2D eigenvalue weighted by molar-refractivity contribution is 9.10. The molecule has 1 N–H and O–H groups in total. The van der Waals surface area contributed by atoms with Crippen LogP contribution < -0.4 is 4.74 Å². The summed E-state index contributed by atoms with van der Waals surface area (Å²) in [5, 5.41) is 11.2. The molecule has 2 aromatic rings. The summed E-state index contributed by atoms with van der Waals surface area (Å²) in [6.45, 7) is 4.38. The van der Waals surface area contributed by atoms with Crippen LogP contribution in [0, 0.1) is 0 Å². The van der Waals surface area contributed by atoms with Crippen LogP contribution in [0.2, 0.25) is 0 Å². The second-order valence-electron chi connectivity index (χ2n) is 8.09. The van der Waals surface area contributed by atoms with E-state index in [1.54, 1.807) is 29.2 Å². The lowest BCUT2D eigenvalue weighted by Gasteiger charge is -2.29. The Hall–Kier alpha value is -2.68. The van der Waals surface area contributed by atoms with Gasteiger partial charge in [-0.3, -0.25) is 14.5 Å². The van der Waals surface area contributed by atoms with E-state index in [1.807, 2.05) is 24.3 Å². The molecule has 2 saturated heterocycles. The zero-order chi connectivity index (χ0) is 23.4. The van der Waals surface area contributed by atoms with Gasteiger partial charge in [-0.1, -0.05) is 40.2 Å². The van der Waals surface area contributed by atoms with E-state index in [2.05, 4.69) is 20.8 Å². The van der Waals surface area contributed by atoms with Crippen molar-refractivity contribution in [1.29, 1.82) is 0 Å². The van der Waals surface area contributed by atoms with Gasteiger partial charge >= 0.3 is 0 Å². The number of morpholine rings is 1. The Kier molecular flexibility index (Phi) is 7.47. The second-order valence-corrected chi connectivity index (χ2v) is 9.00. The van der Waals surface area contributed by atoms with Crippen LogP contribution >= 0.6 is 15.9 Å². The van der Waals surface area contributed by atoms with Gasteiger partial charge in [-0.25, -0.2) is 0 Å². The van der Waals surface area contributed by atoms with Crippen molar-refractivity contribution in [2.75, 3.05) is 46.5 Å². The fraction of sp³-hybridized carbons (Fsp3) is 0.360. The SMILES string of the molecule is COc1cccc(/C(O)=C2\C(=O)C(=O)N(CCCN3CCOCC3)[C@@H]2c2cccc(Br)c2)c1. The molecule has 0 saturated carbocycles. The number of ether oxygens (including phenoxy) is 2. The topological polar surface area (TPSA) is 79.3 Å². The Morgan fingerprint density at radius 3 is 2.61 bits per heavy atom. The van der Waals surface area contributed by atoms with Crippen molar-refractivity contribution in [3.05, 3.63) is 69.7 Å². The van der Waals surface area contributed by atoms with E-state index in [0.717, 1.165) is 36.1 Å². The van der Waals surface area contributed by atoms with Crippen molar-refractivity contribution in [2.24, 2.45) is 0 Å². The molecular formula is C25H27BrN2O5. The minimum atomic E-state index is -0.674. The molecule has 7 nitrogen and oxygen atoms in total. The highest BCUT2D eigenvalue weighted by Crippen LogP contribution is 2.40. The Bertz CT molecular complexity index is 1060. The molecule has 4 rings (SSSR count). The van der Waals surface area contributed by atoms with Crippen molar-refractivity contribution in [1.82, 2.24) is 9.80 Å². The summed E-state index contributed by atoms with van der Waals surface area (Å²) in [5.41, 5.74) is 1.29. The summed E-state index contributed by atoms with van der Waals surface area (Å²) in [6, 6.07) is 13.7. The fourth-order valence-electron chi connectivity index (χ4n) is 4.35. The Balaban J connectivity index is 1.68. The van der Waals surface area contributed by atoms with Gasteiger partial charge in [-0.15, -0.1) is 0 Å². The van der Waals surface area contributed by atoms with E-state index in [9.17, 15) is 14.7 Å². The van der Waals surface area contributed by atoms with E-state index < -0.39 is 17.7 Å². The number of hydrogen-bond donors (Lipinski definition) is 1. The predicted molar refractivity (Wildman–Crippen MR) is 128 cm³/mol. The molecule has 2 fully saturated rings. The van der Waals surface area contributed by atoms with Gasteiger partial charge in [0.1, 0.15) is 11.5 Å². The summed E-state index contributed by atoms with van der Waals surface area (Å²) in [5.74, 6) is -0.913. The Morgan fingerprint density at radius 2 is 1.88 bits per heavy atom. The molecule has 0 radical (unpaired) electrons. The van der Waals surface area contributed by atoms with Gasteiger partial charge in [0.05, 0.1) is 31.9 Å². The van der Waals surface area contributed by atoms with E-state index in [0.29, 0.717) is 31.1 Å². The second kappa shape index (κ2) is 10.5. The standard InChI is InChI=1S/C25H27BrN2O5/c1-32-20-8-3-6-18(16-20)23(29)21-22(17-5-2-7-19(26)15-17)28(25(31)24(21)30)10-4-9-27-11-13-33-14-12-27/h2-3,5-8,15-16,22,29H,4,9-14H2,1H3/b23-21+/t22-/m1/s1. The van der Waals surface area contributed by atoms with Crippen molar-refractivity contribution >= 4 is 33.4 Å². The molecule has 2 aliphatic rings. The number of hydrogen-bond acceptors (Lipinski definition) is 6. The van der Waals surface area contributed by atoms with Gasteiger partial charge in [0.15, 0.2) is 0 Å². The van der Waals surface area contributed by atoms with Crippen molar-refractivity contribution in [2.45, 2.75) is 12.5 Å². The van der Waals surface area contributed by atoms with Crippen LogP contribution in [0.1, 0.15) is 23.6 Å². The van der Waals surface area contributed by atoms with E-state index in [1.165, 1.54) is 7.11 Å². The third-order valence-electron chi connectivity index (χ3n) is 6.02. The molecule has 0 aromatic heterocycles. The van der Waals surface area contributed by atoms with Gasteiger partial charge in [0.2, 0.25) is 0 Å². The maximum Gasteiger partial charge on any atom is 0.295 e. The number of methoxy groups -OCH3 is 1. The monoisotopic (exact) mass is 514 g/mol. The number of amides is 1. The molecule has 1 amide bonds. The predicted octanol–water partition coefficient (Wildman–Crippen LogP) is 3.60. The van der Waals surface area contributed by atoms with Crippen LogP contribution in [0.3, 0.4) is 0 Å². The summed E-state index contributed by atoms with van der Waals surface area (Å²) < 4.78 is 11.5. The number of carbonyl (C=O) groups excluding carboxylic acids is 2. The highest BCUT2D eigenvalue weighted by Gasteiger charge is 2.45. The number of aliphatic hydroxyl groups is 1. The fourth-order valence-corrected chi connectivity index (χ4v) is 4.77. The van der Waals surface area contributed by atoms with Gasteiger partial charge in [0, 0.05) is 36.2 Å². The summed E-state index contributed by atoms with van der Waals surface area (Å²) in [6.07, 6.45) is 0.719. The van der Waals surface area contributed by atoms with Gasteiger partial charge in [-0.05, 0) is 36.2 Å². The van der Waals surface area contributed by atoms with Crippen LogP contribution in [-0.2, 0) is 14.3 Å². The maximum atomic E-state index is 13.1. The van der Waals surface area contributed by atoms with Crippen molar-refractivity contribution < 1.29 is 24.2 Å². The molecule has 1 atom stereocenters. The molecule has 0 bridgehead atoms. The van der Waals surface area contributed by atoms with Gasteiger partial charge in [0.25, 0.3) is 11.7 Å². The zero-order valence-corrected chi connectivity index (χ0v) is 20.1. The molecule has 0 spiro atoms. The third-order valence-corrected chi connectivity index (χ3v) is 6.52. The number of likely N-dealkylation sites (tertiary alicyclic amines) is 1. The Morgan fingerprint density at radius 1 is 1.12 bits per heavy atom. The van der Waals surface area contributed by atoms with Gasteiger partial charge < -0.3 is 19.5 Å². The number of benzene rings is 2. The van der Waals surface area contributed by atoms with Gasteiger partial charge in [-0.2, -0.15) is 0 Å². The average molecular weight is 515 g/mol. The zero-order valence-electron chi connectivity index (χ0n) is 18.5. The molecule has 2 heterocycles. The number of carbonyl (C=O) groups is 2.